The fraction of sp³-hybridized carbons (Fsp3) is 0. The number of aromatic nitrogens is 4. The van der Waals surface area contributed by atoms with Crippen LogP contribution in [0.2, 0.25) is 0 Å². The number of hydrogen-bond donors (Lipinski definition) is 0. The molecular formula is C59H32N4OS2. The van der Waals surface area contributed by atoms with Crippen LogP contribution in [-0.4, -0.2) is 19.5 Å². The second kappa shape index (κ2) is 13.6. The number of thiophene rings is 2. The van der Waals surface area contributed by atoms with Gasteiger partial charge < -0.3 is 8.98 Å². The number of rotatable bonds is 4. The van der Waals surface area contributed by atoms with Crippen molar-refractivity contribution in [2.24, 2.45) is 0 Å². The van der Waals surface area contributed by atoms with Crippen LogP contribution in [0.1, 0.15) is 0 Å². The van der Waals surface area contributed by atoms with E-state index in [1.54, 1.807) is 0 Å². The summed E-state index contributed by atoms with van der Waals surface area (Å²) in [5, 5.41) is 14.1. The molecule has 7 heteroatoms. The molecule has 66 heavy (non-hydrogen) atoms. The third kappa shape index (κ3) is 5.29. The molecule has 0 bridgehead atoms. The summed E-state index contributed by atoms with van der Waals surface area (Å²) in [7, 11) is 0. The van der Waals surface area contributed by atoms with Crippen LogP contribution in [-0.2, 0) is 0 Å². The first kappa shape index (κ1) is 36.1. The Labute approximate surface area is 384 Å². The third-order valence-corrected chi connectivity index (χ3v) is 15.7. The van der Waals surface area contributed by atoms with Crippen LogP contribution in [0.15, 0.2) is 199 Å². The summed E-state index contributed by atoms with van der Waals surface area (Å²) in [6.45, 7) is 0. The first-order chi connectivity index (χ1) is 32.7. The van der Waals surface area contributed by atoms with E-state index >= 15 is 0 Å². The predicted octanol–water partition coefficient (Wildman–Crippen LogP) is 16.9. The van der Waals surface area contributed by atoms with Crippen molar-refractivity contribution < 1.29 is 4.42 Å². The average Bonchev–Trinajstić information content (AvgIpc) is 4.13. The molecule has 0 unspecified atom stereocenters. The topological polar surface area (TPSA) is 56.7 Å². The quantitative estimate of drug-likeness (QED) is 0.177. The van der Waals surface area contributed by atoms with Gasteiger partial charge in [0.1, 0.15) is 11.2 Å². The third-order valence-electron chi connectivity index (χ3n) is 13.4. The number of hydrogen-bond acceptors (Lipinski definition) is 6. The smallest absolute Gasteiger partial charge is 0.167 e. The molecule has 5 aromatic heterocycles. The molecule has 5 heterocycles. The number of fused-ring (bicyclic) bond motifs is 14. The summed E-state index contributed by atoms with van der Waals surface area (Å²) in [6, 6.07) is 69.7. The minimum absolute atomic E-state index is 0.551. The summed E-state index contributed by atoms with van der Waals surface area (Å²) in [5.74, 6) is 1.77. The molecular weight excluding hydrogens is 845 g/mol. The van der Waals surface area contributed by atoms with E-state index < -0.39 is 0 Å². The highest BCUT2D eigenvalue weighted by Gasteiger charge is 2.24. The Balaban J connectivity index is 1.01. The fourth-order valence-electron chi connectivity index (χ4n) is 10.3. The summed E-state index contributed by atoms with van der Waals surface area (Å²) < 4.78 is 14.4. The number of furan rings is 1. The first-order valence-electron chi connectivity index (χ1n) is 22.1. The average molecular weight is 877 g/mol. The SMILES string of the molecule is c1ccc2cc3c(cc2c1)c1cc2ccccc2cc1n3-c1ccc(-c2nc(-c3ccc4sc5ccccc5c4c3)nc(-c3ccc4sc5ccccc5c4c3)n2)c2oc3ccccc3c12. The monoisotopic (exact) mass is 876 g/mol. The molecule has 0 aliphatic heterocycles. The van der Waals surface area contributed by atoms with Crippen molar-refractivity contribution in [1.29, 1.82) is 0 Å². The van der Waals surface area contributed by atoms with Gasteiger partial charge in [-0.3, -0.25) is 0 Å². The number of nitrogens with zero attached hydrogens (tertiary/aromatic N) is 4. The van der Waals surface area contributed by atoms with Gasteiger partial charge in [-0.2, -0.15) is 0 Å². The number of para-hydroxylation sites is 1. The summed E-state index contributed by atoms with van der Waals surface area (Å²) in [4.78, 5) is 16.0. The number of benzene rings is 10. The predicted molar refractivity (Wildman–Crippen MR) is 279 cm³/mol. The van der Waals surface area contributed by atoms with E-state index in [1.807, 2.05) is 28.7 Å². The van der Waals surface area contributed by atoms with Gasteiger partial charge in [0, 0.05) is 67.6 Å². The Morgan fingerprint density at radius 3 is 1.41 bits per heavy atom. The second-order valence-corrected chi connectivity index (χ2v) is 19.3. The van der Waals surface area contributed by atoms with Crippen molar-refractivity contribution in [3.8, 4) is 39.9 Å². The molecule has 0 atom stereocenters. The Kier molecular flexibility index (Phi) is 7.47. The van der Waals surface area contributed by atoms with Crippen molar-refractivity contribution in [1.82, 2.24) is 19.5 Å². The Morgan fingerprint density at radius 2 is 0.833 bits per heavy atom. The first-order valence-corrected chi connectivity index (χ1v) is 23.7. The van der Waals surface area contributed by atoms with Gasteiger partial charge in [0.05, 0.1) is 27.7 Å². The molecule has 0 radical (unpaired) electrons. The van der Waals surface area contributed by atoms with Crippen molar-refractivity contribution >= 4 is 128 Å². The van der Waals surface area contributed by atoms with Gasteiger partial charge in [0.2, 0.25) is 0 Å². The van der Waals surface area contributed by atoms with Crippen molar-refractivity contribution in [2.45, 2.75) is 0 Å². The Bertz CT molecular complexity index is 4330. The normalized spacial score (nSPS) is 12.2. The zero-order valence-corrected chi connectivity index (χ0v) is 36.6. The zero-order valence-electron chi connectivity index (χ0n) is 35.0. The van der Waals surface area contributed by atoms with Gasteiger partial charge in [-0.15, -0.1) is 22.7 Å². The molecule has 0 amide bonds. The van der Waals surface area contributed by atoms with Crippen LogP contribution in [0, 0.1) is 0 Å². The molecule has 5 nitrogen and oxygen atoms in total. The maximum Gasteiger partial charge on any atom is 0.167 e. The van der Waals surface area contributed by atoms with Gasteiger partial charge in [-0.25, -0.2) is 15.0 Å². The molecule has 15 rings (SSSR count). The molecule has 306 valence electrons. The summed E-state index contributed by atoms with van der Waals surface area (Å²) in [5.41, 5.74) is 7.50. The lowest BCUT2D eigenvalue weighted by Gasteiger charge is -2.13. The van der Waals surface area contributed by atoms with Gasteiger partial charge >= 0.3 is 0 Å². The van der Waals surface area contributed by atoms with E-state index in [0.717, 1.165) is 55.3 Å². The Morgan fingerprint density at radius 1 is 0.364 bits per heavy atom. The van der Waals surface area contributed by atoms with Crippen molar-refractivity contribution in [2.75, 3.05) is 0 Å². The highest BCUT2D eigenvalue weighted by atomic mass is 32.1. The van der Waals surface area contributed by atoms with Crippen molar-refractivity contribution in [3.63, 3.8) is 0 Å². The molecule has 0 saturated heterocycles. The van der Waals surface area contributed by atoms with Crippen LogP contribution < -0.4 is 0 Å². The molecule has 0 fully saturated rings. The molecule has 10 aromatic carbocycles. The minimum atomic E-state index is 0.551. The lowest BCUT2D eigenvalue weighted by molar-refractivity contribution is 0.669. The van der Waals surface area contributed by atoms with Gasteiger partial charge in [0.25, 0.3) is 0 Å². The molecule has 0 N–H and O–H groups in total. The van der Waals surface area contributed by atoms with E-state index in [1.165, 1.54) is 72.7 Å². The minimum Gasteiger partial charge on any atom is -0.455 e. The lowest BCUT2D eigenvalue weighted by atomic mass is 10.0. The Hall–Kier alpha value is -8.23. The largest absolute Gasteiger partial charge is 0.455 e. The van der Waals surface area contributed by atoms with E-state index in [9.17, 15) is 0 Å². The van der Waals surface area contributed by atoms with Gasteiger partial charge in [0.15, 0.2) is 17.5 Å². The molecule has 0 spiro atoms. The zero-order chi connectivity index (χ0) is 43.0. The highest BCUT2D eigenvalue weighted by Crippen LogP contribution is 2.45. The van der Waals surface area contributed by atoms with Gasteiger partial charge in [-0.1, -0.05) is 103 Å². The van der Waals surface area contributed by atoms with Crippen LogP contribution in [0.25, 0.3) is 145 Å². The standard InChI is InChI=1S/C59H32N4OS2/c1-3-13-35-31-48-43(27-33(35)11-1)44-28-34-12-2-4-14-36(34)32-49(44)63(48)47-24-23-42(56-55(47)41-17-5-8-18-50(41)64-56)59-61-57(37-21-25-53-45(29-37)39-15-6-9-19-51(39)65-53)60-58(62-59)38-22-26-54-46(30-38)40-16-7-10-20-52(40)66-54/h1-32H. The summed E-state index contributed by atoms with van der Waals surface area (Å²) >= 11 is 3.61. The van der Waals surface area contributed by atoms with E-state index in [2.05, 4.69) is 193 Å². The van der Waals surface area contributed by atoms with Crippen LogP contribution in [0.4, 0.5) is 0 Å². The lowest BCUT2D eigenvalue weighted by Crippen LogP contribution is -2.01. The van der Waals surface area contributed by atoms with Crippen molar-refractivity contribution in [3.05, 3.63) is 194 Å². The molecule has 0 saturated carbocycles. The molecule has 0 aliphatic rings. The maximum absolute atomic E-state index is 7.01. The molecule has 0 aliphatic carbocycles. The van der Waals surface area contributed by atoms with Crippen LogP contribution in [0.3, 0.4) is 0 Å². The van der Waals surface area contributed by atoms with E-state index in [4.69, 9.17) is 19.4 Å². The van der Waals surface area contributed by atoms with E-state index in [-0.39, 0.29) is 0 Å². The van der Waals surface area contributed by atoms with Crippen LogP contribution in [0.5, 0.6) is 0 Å². The maximum atomic E-state index is 7.01. The van der Waals surface area contributed by atoms with Crippen LogP contribution >= 0.6 is 22.7 Å². The summed E-state index contributed by atoms with van der Waals surface area (Å²) in [6.07, 6.45) is 0. The fourth-order valence-corrected chi connectivity index (χ4v) is 12.5. The van der Waals surface area contributed by atoms with E-state index in [0.29, 0.717) is 17.5 Å². The second-order valence-electron chi connectivity index (χ2n) is 17.1. The molecule has 15 aromatic rings. The van der Waals surface area contributed by atoms with Gasteiger partial charge in [-0.05, 0) is 113 Å². The highest BCUT2D eigenvalue weighted by molar-refractivity contribution is 7.26.